The van der Waals surface area contributed by atoms with Gasteiger partial charge >= 0.3 is 0 Å². The number of carbonyl (C=O) groups is 1. The number of phenols is 1. The molecule has 0 aliphatic rings. The van der Waals surface area contributed by atoms with E-state index in [1.54, 1.807) is 31.2 Å². The molecule has 0 saturated heterocycles. The molecule has 1 unspecified atom stereocenters. The van der Waals surface area contributed by atoms with Crippen molar-refractivity contribution in [3.8, 4) is 22.6 Å². The summed E-state index contributed by atoms with van der Waals surface area (Å²) in [7, 11) is 1.50. The van der Waals surface area contributed by atoms with Crippen molar-refractivity contribution in [2.45, 2.75) is 19.4 Å². The van der Waals surface area contributed by atoms with Gasteiger partial charge in [-0.3, -0.25) is 4.79 Å². The Balaban J connectivity index is 0.00000166. The van der Waals surface area contributed by atoms with Crippen LogP contribution in [0.4, 0.5) is 8.78 Å². The van der Waals surface area contributed by atoms with Crippen LogP contribution < -0.4 is 10.5 Å². The van der Waals surface area contributed by atoms with Gasteiger partial charge in [0.2, 0.25) is 0 Å². The Hall–Kier alpha value is -2.67. The van der Waals surface area contributed by atoms with E-state index in [4.69, 9.17) is 27.9 Å². The van der Waals surface area contributed by atoms with Crippen LogP contribution in [0, 0.1) is 11.6 Å². The fourth-order valence-corrected chi connectivity index (χ4v) is 3.48. The summed E-state index contributed by atoms with van der Waals surface area (Å²) in [5.41, 5.74) is 6.12. The van der Waals surface area contributed by atoms with Gasteiger partial charge in [0.15, 0.2) is 12.4 Å². The molecule has 0 bridgehead atoms. The van der Waals surface area contributed by atoms with Crippen molar-refractivity contribution >= 4 is 29.5 Å². The van der Waals surface area contributed by atoms with Crippen LogP contribution >= 0.6 is 23.2 Å². The molecule has 164 valence electrons. The van der Waals surface area contributed by atoms with Crippen molar-refractivity contribution in [2.24, 2.45) is 5.73 Å². The zero-order valence-corrected chi connectivity index (χ0v) is 18.3. The first-order valence-electron chi connectivity index (χ1n) is 9.23. The molecule has 3 N–H and O–H groups in total. The lowest BCUT2D eigenvalue weighted by molar-refractivity contribution is -0.113. The number of phenolic OH excluding ortho intramolecular Hbond substituents is 1. The number of benzene rings is 3. The molecular weight excluding hydrogens is 447 g/mol. The number of hydrogen-bond donors (Lipinski definition) is 2. The molecule has 1 atom stereocenters. The van der Waals surface area contributed by atoms with Gasteiger partial charge in [-0.2, -0.15) is 0 Å². The highest BCUT2D eigenvalue weighted by molar-refractivity contribution is 6.36. The van der Waals surface area contributed by atoms with E-state index < -0.39 is 17.7 Å². The third-order valence-corrected chi connectivity index (χ3v) is 4.97. The number of carbonyl (C=O) groups excluding carboxylic acids is 1. The Morgan fingerprint density at radius 1 is 1.03 bits per heavy atom. The van der Waals surface area contributed by atoms with Crippen molar-refractivity contribution in [1.82, 2.24) is 0 Å². The molecule has 0 aromatic heterocycles. The van der Waals surface area contributed by atoms with Gasteiger partial charge in [0.05, 0.1) is 0 Å². The van der Waals surface area contributed by atoms with Crippen molar-refractivity contribution < 1.29 is 23.4 Å². The van der Waals surface area contributed by atoms with Crippen LogP contribution in [0.3, 0.4) is 0 Å². The smallest absolute Gasteiger partial charge is 0.160 e. The first-order chi connectivity index (χ1) is 14.8. The Morgan fingerprint density at radius 3 is 2.26 bits per heavy atom. The molecule has 0 heterocycles. The van der Waals surface area contributed by atoms with E-state index in [1.807, 2.05) is 0 Å². The van der Waals surface area contributed by atoms with Crippen LogP contribution in [0.15, 0.2) is 48.5 Å². The molecule has 0 saturated carbocycles. The molecule has 0 radical (unpaired) electrons. The van der Waals surface area contributed by atoms with Gasteiger partial charge in [0, 0.05) is 33.7 Å². The van der Waals surface area contributed by atoms with Crippen LogP contribution in [-0.2, 0) is 11.2 Å². The minimum absolute atomic E-state index is 0.0783. The molecule has 0 aliphatic carbocycles. The second-order valence-electron chi connectivity index (χ2n) is 6.48. The van der Waals surface area contributed by atoms with E-state index >= 15 is 0 Å². The van der Waals surface area contributed by atoms with Crippen LogP contribution in [0.1, 0.15) is 18.1 Å². The summed E-state index contributed by atoms with van der Waals surface area (Å²) in [5.74, 6) is -1.25. The number of nitrogens with two attached hydrogens (primary N) is 1. The molecule has 3 aromatic rings. The second-order valence-corrected chi connectivity index (χ2v) is 7.29. The predicted octanol–water partition coefficient (Wildman–Crippen LogP) is 5.78. The lowest BCUT2D eigenvalue weighted by Gasteiger charge is -2.14. The average Bonchev–Trinajstić information content (AvgIpc) is 2.73. The molecule has 4 nitrogen and oxygen atoms in total. The van der Waals surface area contributed by atoms with E-state index in [9.17, 15) is 18.7 Å². The van der Waals surface area contributed by atoms with Gasteiger partial charge in [-0.15, -0.1) is 0 Å². The zero-order chi connectivity index (χ0) is 23.1. The quantitative estimate of drug-likeness (QED) is 0.450. The fraction of sp³-hybridized carbons (Fsp3) is 0.174. The number of hydrogen-bond acceptors (Lipinski definition) is 4. The topological polar surface area (TPSA) is 72.5 Å². The van der Waals surface area contributed by atoms with Crippen molar-refractivity contribution in [3.63, 3.8) is 0 Å². The highest BCUT2D eigenvalue weighted by atomic mass is 35.5. The van der Waals surface area contributed by atoms with Crippen molar-refractivity contribution in [1.29, 1.82) is 0 Å². The lowest BCUT2D eigenvalue weighted by atomic mass is 9.97. The van der Waals surface area contributed by atoms with Crippen molar-refractivity contribution in [2.75, 3.05) is 7.05 Å². The van der Waals surface area contributed by atoms with Crippen molar-refractivity contribution in [3.05, 3.63) is 81.3 Å². The van der Waals surface area contributed by atoms with E-state index in [1.165, 1.54) is 19.2 Å². The summed E-state index contributed by atoms with van der Waals surface area (Å²) in [4.78, 5) is 10.7. The van der Waals surface area contributed by atoms with E-state index in [0.29, 0.717) is 39.6 Å². The highest BCUT2D eigenvalue weighted by Crippen LogP contribution is 2.36. The molecule has 3 rings (SSSR count). The Labute approximate surface area is 189 Å². The second kappa shape index (κ2) is 11.1. The molecule has 8 heteroatoms. The highest BCUT2D eigenvalue weighted by Gasteiger charge is 2.15. The number of ether oxygens (including phenoxy) is 1. The minimum Gasteiger partial charge on any atom is -0.507 e. The Bertz CT molecular complexity index is 1050. The summed E-state index contributed by atoms with van der Waals surface area (Å²) in [5, 5.41) is 10.8. The number of halogens is 4. The predicted molar refractivity (Wildman–Crippen MR) is 119 cm³/mol. The number of aldehydes is 1. The normalized spacial score (nSPS) is 11.3. The summed E-state index contributed by atoms with van der Waals surface area (Å²) in [6.07, 6.45) is 0.317. The van der Waals surface area contributed by atoms with Crippen LogP contribution in [-0.4, -0.2) is 24.5 Å². The third kappa shape index (κ3) is 6.17. The average molecular weight is 468 g/mol. The standard InChI is InChI=1S/C22H16Cl2F2O3.CH5N/c1-12(11-27)29-15-9-19(23)18(20(24)10-15)7-13-2-5-22(28)17(6-13)16-4-3-14(25)8-21(16)26;1-2/h2-6,8-12,28H,7H2,1H3;2H2,1H3. The van der Waals surface area contributed by atoms with Gasteiger partial charge in [0.1, 0.15) is 23.1 Å². The summed E-state index contributed by atoms with van der Waals surface area (Å²) >= 11 is 12.7. The van der Waals surface area contributed by atoms with Gasteiger partial charge in [-0.25, -0.2) is 8.78 Å². The molecular formula is C23H21Cl2F2NO3. The fourth-order valence-electron chi connectivity index (χ4n) is 2.88. The van der Waals surface area contributed by atoms with Crippen LogP contribution in [0.5, 0.6) is 11.5 Å². The number of rotatable bonds is 6. The largest absolute Gasteiger partial charge is 0.507 e. The van der Waals surface area contributed by atoms with Crippen LogP contribution in [0.2, 0.25) is 10.0 Å². The number of aromatic hydroxyl groups is 1. The summed E-state index contributed by atoms with van der Waals surface area (Å²) < 4.78 is 32.7. The molecule has 0 spiro atoms. The Kier molecular flexibility index (Phi) is 8.80. The van der Waals surface area contributed by atoms with Gasteiger partial charge < -0.3 is 15.6 Å². The summed E-state index contributed by atoms with van der Waals surface area (Å²) in [6.45, 7) is 1.59. The third-order valence-electron chi connectivity index (χ3n) is 4.29. The molecule has 0 aliphatic heterocycles. The van der Waals surface area contributed by atoms with Gasteiger partial charge in [0.25, 0.3) is 0 Å². The first kappa shape index (κ1) is 24.6. The maximum atomic E-state index is 14.1. The maximum absolute atomic E-state index is 14.1. The zero-order valence-electron chi connectivity index (χ0n) is 16.8. The van der Waals surface area contributed by atoms with E-state index in [-0.39, 0.29) is 16.9 Å². The maximum Gasteiger partial charge on any atom is 0.160 e. The van der Waals surface area contributed by atoms with Gasteiger partial charge in [-0.05, 0) is 61.5 Å². The van der Waals surface area contributed by atoms with Gasteiger partial charge in [-0.1, -0.05) is 29.3 Å². The first-order valence-corrected chi connectivity index (χ1v) is 9.99. The van der Waals surface area contributed by atoms with E-state index in [0.717, 1.165) is 12.1 Å². The monoisotopic (exact) mass is 467 g/mol. The van der Waals surface area contributed by atoms with E-state index in [2.05, 4.69) is 5.73 Å². The minimum atomic E-state index is -0.778. The summed E-state index contributed by atoms with van der Waals surface area (Å²) in [6, 6.07) is 10.9. The molecule has 31 heavy (non-hydrogen) atoms. The molecule has 0 fully saturated rings. The SMILES string of the molecule is CC(C=O)Oc1cc(Cl)c(Cc2ccc(O)c(-c3ccc(F)cc3F)c2)c(Cl)c1.CN. The lowest BCUT2D eigenvalue weighted by Crippen LogP contribution is -2.12. The van der Waals surface area contributed by atoms with Crippen LogP contribution in [0.25, 0.3) is 11.1 Å². The molecule has 3 aromatic carbocycles. The Morgan fingerprint density at radius 2 is 1.68 bits per heavy atom. The molecule has 0 amide bonds.